The standard InChI is InChI=1S/C17H24N4O/c1-5-12(2)21-14(4)16(11-18-21)20-17(22)19-13(3)15-9-7-6-8-10-15/h6-13H,5H2,1-4H3,(H2,19,20,22)/t12-,13+/m0/s1. The van der Waals surface area contributed by atoms with Gasteiger partial charge in [-0.3, -0.25) is 4.68 Å². The second-order valence-corrected chi connectivity index (χ2v) is 5.58. The summed E-state index contributed by atoms with van der Waals surface area (Å²) in [5.41, 5.74) is 2.79. The Labute approximate surface area is 131 Å². The topological polar surface area (TPSA) is 59.0 Å². The van der Waals surface area contributed by atoms with Crippen LogP contribution in [0.15, 0.2) is 36.5 Å². The zero-order valence-corrected chi connectivity index (χ0v) is 13.6. The Bertz CT molecular complexity index is 621. The Kier molecular flexibility index (Phi) is 5.20. The molecule has 0 fully saturated rings. The number of aromatic nitrogens is 2. The van der Waals surface area contributed by atoms with Crippen LogP contribution in [0.3, 0.4) is 0 Å². The van der Waals surface area contributed by atoms with Crippen LogP contribution in [-0.4, -0.2) is 15.8 Å². The largest absolute Gasteiger partial charge is 0.331 e. The van der Waals surface area contributed by atoms with Crippen molar-refractivity contribution >= 4 is 11.7 Å². The second-order valence-electron chi connectivity index (χ2n) is 5.58. The number of nitrogens with zero attached hydrogens (tertiary/aromatic N) is 2. The molecule has 2 N–H and O–H groups in total. The molecular formula is C17H24N4O. The van der Waals surface area contributed by atoms with Crippen LogP contribution in [0, 0.1) is 6.92 Å². The lowest BCUT2D eigenvalue weighted by molar-refractivity contribution is 0.249. The molecule has 0 aliphatic rings. The van der Waals surface area contributed by atoms with Crippen LogP contribution >= 0.6 is 0 Å². The maximum atomic E-state index is 12.1. The van der Waals surface area contributed by atoms with Crippen molar-refractivity contribution in [3.63, 3.8) is 0 Å². The fourth-order valence-electron chi connectivity index (χ4n) is 2.34. The highest BCUT2D eigenvalue weighted by molar-refractivity contribution is 5.89. The van der Waals surface area contributed by atoms with Crippen LogP contribution in [0.1, 0.15) is 50.5 Å². The van der Waals surface area contributed by atoms with E-state index in [0.29, 0.717) is 6.04 Å². The predicted octanol–water partition coefficient (Wildman–Crippen LogP) is 4.05. The Hall–Kier alpha value is -2.30. The van der Waals surface area contributed by atoms with Crippen molar-refractivity contribution in [1.82, 2.24) is 15.1 Å². The van der Waals surface area contributed by atoms with Gasteiger partial charge in [-0.25, -0.2) is 4.79 Å². The summed E-state index contributed by atoms with van der Waals surface area (Å²) in [5, 5.41) is 10.2. The Balaban J connectivity index is 1.99. The lowest BCUT2D eigenvalue weighted by Crippen LogP contribution is -2.31. The summed E-state index contributed by atoms with van der Waals surface area (Å²) in [6.07, 6.45) is 2.70. The Morgan fingerprint density at radius 3 is 2.59 bits per heavy atom. The third kappa shape index (κ3) is 3.67. The summed E-state index contributed by atoms with van der Waals surface area (Å²) in [7, 11) is 0. The van der Waals surface area contributed by atoms with Gasteiger partial charge < -0.3 is 10.6 Å². The number of nitrogens with one attached hydrogen (secondary N) is 2. The molecule has 0 aliphatic carbocycles. The van der Waals surface area contributed by atoms with Crippen molar-refractivity contribution in [3.05, 3.63) is 47.8 Å². The van der Waals surface area contributed by atoms with Gasteiger partial charge in [0.1, 0.15) is 0 Å². The first-order valence-electron chi connectivity index (χ1n) is 7.69. The molecule has 2 atom stereocenters. The molecule has 2 amide bonds. The van der Waals surface area contributed by atoms with Gasteiger partial charge in [0.25, 0.3) is 0 Å². The first-order valence-corrected chi connectivity index (χ1v) is 7.69. The average Bonchev–Trinajstić information content (AvgIpc) is 2.88. The highest BCUT2D eigenvalue weighted by Gasteiger charge is 2.14. The zero-order chi connectivity index (χ0) is 16.1. The van der Waals surface area contributed by atoms with Gasteiger partial charge in [-0.2, -0.15) is 5.10 Å². The second kappa shape index (κ2) is 7.11. The summed E-state index contributed by atoms with van der Waals surface area (Å²) in [6.45, 7) is 8.16. The molecule has 1 heterocycles. The number of rotatable bonds is 5. The lowest BCUT2D eigenvalue weighted by Gasteiger charge is -2.15. The minimum atomic E-state index is -0.219. The van der Waals surface area contributed by atoms with Crippen molar-refractivity contribution in [2.45, 2.75) is 46.2 Å². The van der Waals surface area contributed by atoms with Crippen molar-refractivity contribution in [2.75, 3.05) is 5.32 Å². The SMILES string of the molecule is CC[C@H](C)n1ncc(NC(=O)N[C@H](C)c2ccccc2)c1C. The average molecular weight is 300 g/mol. The maximum absolute atomic E-state index is 12.1. The van der Waals surface area contributed by atoms with E-state index in [1.165, 1.54) is 0 Å². The molecule has 22 heavy (non-hydrogen) atoms. The smallest absolute Gasteiger partial charge is 0.319 e. The van der Waals surface area contributed by atoms with Gasteiger partial charge in [0.15, 0.2) is 0 Å². The molecule has 0 saturated heterocycles. The van der Waals surface area contributed by atoms with E-state index in [0.717, 1.165) is 23.4 Å². The fraction of sp³-hybridized carbons (Fsp3) is 0.412. The predicted molar refractivity (Wildman–Crippen MR) is 89.0 cm³/mol. The van der Waals surface area contributed by atoms with Crippen LogP contribution in [0.5, 0.6) is 0 Å². The van der Waals surface area contributed by atoms with Crippen molar-refractivity contribution in [2.24, 2.45) is 0 Å². The van der Waals surface area contributed by atoms with E-state index in [2.05, 4.69) is 29.6 Å². The number of hydrogen-bond acceptors (Lipinski definition) is 2. The van der Waals surface area contributed by atoms with E-state index < -0.39 is 0 Å². The maximum Gasteiger partial charge on any atom is 0.319 e. The highest BCUT2D eigenvalue weighted by Crippen LogP contribution is 2.20. The molecule has 0 unspecified atom stereocenters. The number of hydrogen-bond donors (Lipinski definition) is 2. The van der Waals surface area contributed by atoms with Gasteiger partial charge in [0, 0.05) is 6.04 Å². The van der Waals surface area contributed by atoms with Gasteiger partial charge in [-0.05, 0) is 32.8 Å². The molecule has 2 rings (SSSR count). The summed E-state index contributed by atoms with van der Waals surface area (Å²) in [6, 6.07) is 9.94. The molecule has 1 aromatic carbocycles. The van der Waals surface area contributed by atoms with Gasteiger partial charge in [0.2, 0.25) is 0 Å². The molecule has 0 radical (unpaired) electrons. The van der Waals surface area contributed by atoms with Crippen molar-refractivity contribution in [1.29, 1.82) is 0 Å². The van der Waals surface area contributed by atoms with Crippen molar-refractivity contribution < 1.29 is 4.79 Å². The number of amides is 2. The zero-order valence-electron chi connectivity index (χ0n) is 13.6. The number of carbonyl (C=O) groups excluding carboxylic acids is 1. The molecule has 0 aliphatic heterocycles. The van der Waals surface area contributed by atoms with E-state index in [1.807, 2.05) is 48.9 Å². The lowest BCUT2D eigenvalue weighted by atomic mass is 10.1. The first kappa shape index (κ1) is 16.1. The van der Waals surface area contributed by atoms with Gasteiger partial charge in [-0.15, -0.1) is 0 Å². The first-order chi connectivity index (χ1) is 10.5. The minimum Gasteiger partial charge on any atom is -0.331 e. The van der Waals surface area contributed by atoms with Gasteiger partial charge >= 0.3 is 6.03 Å². The third-order valence-corrected chi connectivity index (χ3v) is 3.95. The van der Waals surface area contributed by atoms with E-state index >= 15 is 0 Å². The molecule has 0 saturated carbocycles. The van der Waals surface area contributed by atoms with E-state index in [1.54, 1.807) is 6.20 Å². The van der Waals surface area contributed by atoms with E-state index in [4.69, 9.17) is 0 Å². The summed E-state index contributed by atoms with van der Waals surface area (Å²) in [5.74, 6) is 0. The van der Waals surface area contributed by atoms with Crippen molar-refractivity contribution in [3.8, 4) is 0 Å². The Morgan fingerprint density at radius 2 is 1.95 bits per heavy atom. The number of urea groups is 1. The number of anilines is 1. The number of carbonyl (C=O) groups is 1. The molecule has 0 spiro atoms. The third-order valence-electron chi connectivity index (χ3n) is 3.95. The summed E-state index contributed by atoms with van der Waals surface area (Å²) >= 11 is 0. The van der Waals surface area contributed by atoms with Crippen LogP contribution in [0.2, 0.25) is 0 Å². The van der Waals surface area contributed by atoms with Gasteiger partial charge in [0.05, 0.1) is 23.6 Å². The summed E-state index contributed by atoms with van der Waals surface area (Å²) in [4.78, 5) is 12.1. The minimum absolute atomic E-state index is 0.0499. The monoisotopic (exact) mass is 300 g/mol. The molecule has 0 bridgehead atoms. The normalized spacial score (nSPS) is 13.5. The highest BCUT2D eigenvalue weighted by atomic mass is 16.2. The number of benzene rings is 1. The molecule has 1 aromatic heterocycles. The Morgan fingerprint density at radius 1 is 1.27 bits per heavy atom. The van der Waals surface area contributed by atoms with Crippen LogP contribution in [0.25, 0.3) is 0 Å². The quantitative estimate of drug-likeness (QED) is 0.875. The molecule has 5 heteroatoms. The van der Waals surface area contributed by atoms with Gasteiger partial charge in [-0.1, -0.05) is 37.3 Å². The van der Waals surface area contributed by atoms with Crippen LogP contribution in [-0.2, 0) is 0 Å². The van der Waals surface area contributed by atoms with E-state index in [9.17, 15) is 4.79 Å². The van der Waals surface area contributed by atoms with Crippen LogP contribution < -0.4 is 10.6 Å². The molecule has 2 aromatic rings. The van der Waals surface area contributed by atoms with E-state index in [-0.39, 0.29) is 12.1 Å². The van der Waals surface area contributed by atoms with Crippen LogP contribution in [0.4, 0.5) is 10.5 Å². The fourth-order valence-corrected chi connectivity index (χ4v) is 2.34. The molecular weight excluding hydrogens is 276 g/mol. The molecule has 118 valence electrons. The summed E-state index contributed by atoms with van der Waals surface area (Å²) < 4.78 is 1.94. The molecule has 5 nitrogen and oxygen atoms in total.